The Bertz CT molecular complexity index is 1770. The molecule has 0 radical (unpaired) electrons. The Morgan fingerprint density at radius 2 is 0.703 bits per heavy atom. The largest absolute Gasteiger partial charge is 0.446 e. The second kappa shape index (κ2) is 26.8. The highest BCUT2D eigenvalue weighted by Crippen LogP contribution is 2.56. The Kier molecular flexibility index (Phi) is 23.1. The molecule has 4 aromatic rings. The predicted molar refractivity (Wildman–Crippen MR) is 279 cm³/mol. The molecule has 0 fully saturated rings. The van der Waals surface area contributed by atoms with Crippen LogP contribution in [0.3, 0.4) is 0 Å². The highest BCUT2D eigenvalue weighted by molar-refractivity contribution is 8.01. The summed E-state index contributed by atoms with van der Waals surface area (Å²) in [6.07, 6.45) is 14.2. The third-order valence-electron chi connectivity index (χ3n) is 12.7. The molecule has 0 spiro atoms. The lowest BCUT2D eigenvalue weighted by atomic mass is 10.3. The number of thioether (sulfide) groups is 2. The van der Waals surface area contributed by atoms with Gasteiger partial charge in [-0.2, -0.15) is 26.3 Å². The summed E-state index contributed by atoms with van der Waals surface area (Å²) in [5, 5.41) is 5.85. The Morgan fingerprint density at radius 3 is 0.969 bits per heavy atom. The summed E-state index contributed by atoms with van der Waals surface area (Å²) in [6, 6.07) is 38.9. The molecule has 0 atom stereocenters. The number of hydrogen-bond acceptors (Lipinski definition) is 3. The summed E-state index contributed by atoms with van der Waals surface area (Å²) >= 11 is -0.370. The van der Waals surface area contributed by atoms with Gasteiger partial charge in [-0.05, 0) is 53.3 Å². The van der Waals surface area contributed by atoms with Crippen LogP contribution in [0.25, 0.3) is 0 Å². The van der Waals surface area contributed by atoms with E-state index in [1.54, 1.807) is 36.4 Å². The van der Waals surface area contributed by atoms with E-state index >= 15 is 0 Å². The van der Waals surface area contributed by atoms with Gasteiger partial charge in [0.1, 0.15) is 0 Å². The minimum Gasteiger partial charge on any atom is -0.248 e. The molecule has 0 aliphatic carbocycles. The SMILES string of the molecule is CCCC[Si](CCCC)(CCCC)c1ccc(P(c2ccc([Si](CCCC)(CCCC)CCCC)cc2)N(C)P(c2ccccc2SC(F)(F)F)c2ccccc2SC(F)(F)F)cc1. The van der Waals surface area contributed by atoms with Gasteiger partial charge in [0, 0.05) is 36.5 Å². The first-order valence-corrected chi connectivity index (χ1v) is 33.3. The molecule has 0 amide bonds. The van der Waals surface area contributed by atoms with Crippen LogP contribution in [0.4, 0.5) is 26.3 Å². The summed E-state index contributed by atoms with van der Waals surface area (Å²) in [5.74, 6) is 0. The number of rotatable bonds is 28. The normalized spacial score (nSPS) is 12.9. The molecule has 0 N–H and O–H groups in total. The van der Waals surface area contributed by atoms with Crippen molar-refractivity contribution in [1.29, 1.82) is 0 Å². The molecule has 0 unspecified atom stereocenters. The minimum absolute atomic E-state index is 0.0116. The van der Waals surface area contributed by atoms with E-state index < -0.39 is 43.3 Å². The van der Waals surface area contributed by atoms with Crippen LogP contribution in [-0.2, 0) is 0 Å². The van der Waals surface area contributed by atoms with Gasteiger partial charge in [-0.3, -0.25) is 0 Å². The van der Waals surface area contributed by atoms with E-state index in [0.29, 0.717) is 10.6 Å². The highest BCUT2D eigenvalue weighted by atomic mass is 32.2. The Labute approximate surface area is 395 Å². The lowest BCUT2D eigenvalue weighted by Gasteiger charge is -2.38. The van der Waals surface area contributed by atoms with Crippen LogP contribution in [0.1, 0.15) is 119 Å². The number of nitrogens with zero attached hydrogens (tertiary/aromatic N) is 1. The monoisotopic (exact) mass is 995 g/mol. The third-order valence-corrected chi connectivity index (χ3v) is 31.1. The van der Waals surface area contributed by atoms with Crippen LogP contribution < -0.4 is 31.6 Å². The van der Waals surface area contributed by atoms with Gasteiger partial charge in [-0.15, -0.1) is 0 Å². The van der Waals surface area contributed by atoms with E-state index in [0.717, 1.165) is 49.1 Å². The molecule has 13 heteroatoms. The van der Waals surface area contributed by atoms with Crippen molar-refractivity contribution in [3.05, 3.63) is 97.1 Å². The fourth-order valence-corrected chi connectivity index (χ4v) is 28.1. The molecule has 0 aromatic heterocycles. The zero-order valence-electron chi connectivity index (χ0n) is 39.4. The molecule has 4 rings (SSSR count). The molecule has 1 nitrogen and oxygen atoms in total. The van der Waals surface area contributed by atoms with E-state index in [1.165, 1.54) is 97.3 Å². The first-order valence-electron chi connectivity index (χ1n) is 23.9. The molecular weight excluding hydrogens is 923 g/mol. The van der Waals surface area contributed by atoms with Crippen LogP contribution in [0.5, 0.6) is 0 Å². The maximum atomic E-state index is 14.3. The second-order valence-electron chi connectivity index (χ2n) is 17.4. The molecular formula is C51H73F6NP2S2Si2. The van der Waals surface area contributed by atoms with Gasteiger partial charge >= 0.3 is 11.0 Å². The van der Waals surface area contributed by atoms with E-state index in [1.807, 2.05) is 7.05 Å². The quantitative estimate of drug-likeness (QED) is 0.0242. The molecule has 0 aliphatic rings. The summed E-state index contributed by atoms with van der Waals surface area (Å²) in [6.45, 7) is 13.6. The molecule has 64 heavy (non-hydrogen) atoms. The zero-order valence-corrected chi connectivity index (χ0v) is 44.8. The zero-order chi connectivity index (χ0) is 46.8. The Morgan fingerprint density at radius 1 is 0.422 bits per heavy atom. The summed E-state index contributed by atoms with van der Waals surface area (Å²) < 4.78 is 88.1. The van der Waals surface area contributed by atoms with E-state index in [2.05, 4.69) is 94.5 Å². The van der Waals surface area contributed by atoms with Crippen molar-refractivity contribution in [1.82, 2.24) is 4.44 Å². The van der Waals surface area contributed by atoms with Crippen molar-refractivity contribution in [3.8, 4) is 0 Å². The summed E-state index contributed by atoms with van der Waals surface area (Å²) in [5.41, 5.74) is -9.17. The van der Waals surface area contributed by atoms with E-state index in [-0.39, 0.29) is 33.3 Å². The lowest BCUT2D eigenvalue weighted by Crippen LogP contribution is -2.48. The van der Waals surface area contributed by atoms with Crippen molar-refractivity contribution in [3.63, 3.8) is 0 Å². The van der Waals surface area contributed by atoms with Crippen LogP contribution in [0.2, 0.25) is 36.3 Å². The van der Waals surface area contributed by atoms with E-state index in [4.69, 9.17) is 0 Å². The first-order chi connectivity index (χ1) is 30.6. The van der Waals surface area contributed by atoms with Crippen LogP contribution >= 0.6 is 39.7 Å². The number of benzene rings is 4. The molecule has 0 heterocycles. The van der Waals surface area contributed by atoms with Crippen LogP contribution in [-0.4, -0.2) is 38.7 Å². The van der Waals surface area contributed by atoms with Gasteiger partial charge in [0.25, 0.3) is 0 Å². The number of unbranched alkanes of at least 4 members (excludes halogenated alkanes) is 6. The third kappa shape index (κ3) is 15.7. The van der Waals surface area contributed by atoms with Gasteiger partial charge in [0.05, 0.1) is 16.1 Å². The van der Waals surface area contributed by atoms with Gasteiger partial charge in [0.2, 0.25) is 0 Å². The summed E-state index contributed by atoms with van der Waals surface area (Å²) in [4.78, 5) is 0.0232. The van der Waals surface area contributed by atoms with Crippen LogP contribution in [0.15, 0.2) is 107 Å². The molecule has 354 valence electrons. The summed E-state index contributed by atoms with van der Waals surface area (Å²) in [7, 11) is -5.15. The van der Waals surface area contributed by atoms with Crippen molar-refractivity contribution in [2.24, 2.45) is 0 Å². The predicted octanol–water partition coefficient (Wildman–Crippen LogP) is 16.3. The van der Waals surface area contributed by atoms with E-state index in [9.17, 15) is 26.3 Å². The standard InChI is InChI=1S/C51H73F6NP2S2Si2/c1-8-14-36-63(37-15-9-2,38-16-10-3)44-32-28-42(29-33-44)59(43-30-34-45(35-31-43)64(39-17-11-4,40-18-12-5)41-19-13-6)58(7)60(46-24-20-22-26-48(46)61-50(52,53)54)47-25-21-23-27-49(47)62-51(55,56)57/h20-35H,8-19,36-41H2,1-7H3. The second-order valence-corrected chi connectivity index (χ2v) is 33.7. The minimum atomic E-state index is -4.58. The lowest BCUT2D eigenvalue weighted by molar-refractivity contribution is -0.0336. The van der Waals surface area contributed by atoms with Gasteiger partial charge in [-0.1, -0.05) is 250 Å². The maximum Gasteiger partial charge on any atom is 0.446 e. The average molecular weight is 996 g/mol. The topological polar surface area (TPSA) is 3.24 Å². The van der Waals surface area contributed by atoms with Gasteiger partial charge < -0.3 is 0 Å². The van der Waals surface area contributed by atoms with Gasteiger partial charge in [-0.25, -0.2) is 4.44 Å². The van der Waals surface area contributed by atoms with Gasteiger partial charge in [0.15, 0.2) is 0 Å². The number of halogens is 6. The molecule has 0 saturated carbocycles. The molecule has 0 bridgehead atoms. The number of alkyl halides is 6. The maximum absolute atomic E-state index is 14.3. The van der Waals surface area contributed by atoms with Crippen molar-refractivity contribution < 1.29 is 26.3 Å². The van der Waals surface area contributed by atoms with Crippen molar-refractivity contribution >= 4 is 87.4 Å². The molecule has 0 aliphatic heterocycles. The smallest absolute Gasteiger partial charge is 0.248 e. The van der Waals surface area contributed by atoms with Crippen molar-refractivity contribution in [2.75, 3.05) is 7.05 Å². The average Bonchev–Trinajstić information content (AvgIpc) is 3.27. The Balaban J connectivity index is 2.04. The first kappa shape index (κ1) is 55.0. The fraction of sp³-hybridized carbons (Fsp3) is 0.529. The molecule has 0 saturated heterocycles. The Hall–Kier alpha value is -1.59. The number of hydrogen-bond donors (Lipinski definition) is 0. The highest BCUT2D eigenvalue weighted by Gasteiger charge is 2.39. The van der Waals surface area contributed by atoms with Crippen LogP contribution in [0, 0.1) is 0 Å². The molecule has 4 aromatic carbocycles. The van der Waals surface area contributed by atoms with Crippen molar-refractivity contribution in [2.45, 2.75) is 176 Å². The fourth-order valence-electron chi connectivity index (χ4n) is 9.32.